The lowest BCUT2D eigenvalue weighted by molar-refractivity contribution is 0.633. The fourth-order valence-corrected chi connectivity index (χ4v) is 13.3. The van der Waals surface area contributed by atoms with E-state index in [1.807, 2.05) is 22.7 Å². The lowest BCUT2D eigenvalue weighted by Gasteiger charge is -2.42. The average Bonchev–Trinajstić information content (AvgIpc) is 3.89. The van der Waals surface area contributed by atoms with Gasteiger partial charge in [-0.1, -0.05) is 135 Å². The fourth-order valence-electron chi connectivity index (χ4n) is 11.1. The van der Waals surface area contributed by atoms with Crippen molar-refractivity contribution in [1.29, 1.82) is 0 Å². The average molecular weight is 839 g/mol. The van der Waals surface area contributed by atoms with E-state index in [-0.39, 0.29) is 5.41 Å². The molecular formula is C59H38N2S2. The van der Waals surface area contributed by atoms with Gasteiger partial charge in [-0.3, -0.25) is 0 Å². The third kappa shape index (κ3) is 4.88. The van der Waals surface area contributed by atoms with Gasteiger partial charge in [0.25, 0.3) is 0 Å². The van der Waals surface area contributed by atoms with Crippen LogP contribution in [0.1, 0.15) is 25.0 Å². The van der Waals surface area contributed by atoms with Gasteiger partial charge >= 0.3 is 0 Å². The van der Waals surface area contributed by atoms with Crippen LogP contribution in [-0.4, -0.2) is 0 Å². The fraction of sp³-hybridized carbons (Fsp3) is 0.0508. The largest absolute Gasteiger partial charge is 0.310 e. The van der Waals surface area contributed by atoms with Crippen molar-refractivity contribution in [2.45, 2.75) is 19.3 Å². The number of rotatable bonds is 4. The molecule has 0 N–H and O–H groups in total. The van der Waals surface area contributed by atoms with Gasteiger partial charge in [0.05, 0.1) is 22.7 Å². The number of para-hydroxylation sites is 2. The summed E-state index contributed by atoms with van der Waals surface area (Å²) in [5.41, 5.74) is 9.68. The molecule has 0 saturated heterocycles. The second-order valence-electron chi connectivity index (χ2n) is 17.6. The maximum atomic E-state index is 2.56. The molecule has 0 aliphatic carbocycles. The summed E-state index contributed by atoms with van der Waals surface area (Å²) in [6.07, 6.45) is 0. The first-order valence-electron chi connectivity index (χ1n) is 21.8. The lowest BCUT2D eigenvalue weighted by Crippen LogP contribution is -2.30. The SMILES string of the molecule is CC1(C)c2ccccc2N(c2ccc3c4cccc5c(N(c6ccccc6)c6ccc7sc8ccccc8c7c6)ccc(c6cccc2c63)c54)c2cc3sc4ccccc4c3cc21. The Kier molecular flexibility index (Phi) is 7.24. The van der Waals surface area contributed by atoms with Gasteiger partial charge in [0.1, 0.15) is 0 Å². The number of anilines is 6. The quantitative estimate of drug-likeness (QED) is 0.129. The minimum absolute atomic E-state index is 0.185. The first kappa shape index (κ1) is 35.4. The van der Waals surface area contributed by atoms with E-state index >= 15 is 0 Å². The predicted octanol–water partition coefficient (Wildman–Crippen LogP) is 18.1. The Hall–Kier alpha value is -7.24. The third-order valence-electron chi connectivity index (χ3n) is 14.0. The van der Waals surface area contributed by atoms with Crippen molar-refractivity contribution in [3.8, 4) is 0 Å². The summed E-state index contributed by atoms with van der Waals surface area (Å²) in [6.45, 7) is 4.79. The van der Waals surface area contributed by atoms with Crippen molar-refractivity contribution in [3.05, 3.63) is 205 Å². The summed E-state index contributed by atoms with van der Waals surface area (Å²) < 4.78 is 5.28. The van der Waals surface area contributed by atoms with E-state index in [4.69, 9.17) is 0 Å². The molecule has 0 amide bonds. The number of fused-ring (bicyclic) bond motifs is 10. The minimum Gasteiger partial charge on any atom is -0.310 e. The molecule has 14 rings (SSSR count). The van der Waals surface area contributed by atoms with Gasteiger partial charge < -0.3 is 9.80 Å². The van der Waals surface area contributed by atoms with E-state index in [0.29, 0.717) is 0 Å². The van der Waals surface area contributed by atoms with Gasteiger partial charge in [-0.2, -0.15) is 0 Å². The van der Waals surface area contributed by atoms with Crippen LogP contribution in [0.15, 0.2) is 194 Å². The Labute approximate surface area is 372 Å². The van der Waals surface area contributed by atoms with Gasteiger partial charge in [0, 0.05) is 67.9 Å². The molecule has 1 aliphatic rings. The smallest absolute Gasteiger partial charge is 0.0540 e. The molecule has 11 aromatic carbocycles. The van der Waals surface area contributed by atoms with Crippen LogP contribution < -0.4 is 9.80 Å². The van der Waals surface area contributed by atoms with E-state index in [2.05, 4.69) is 218 Å². The highest BCUT2D eigenvalue weighted by Crippen LogP contribution is 2.56. The van der Waals surface area contributed by atoms with Crippen molar-refractivity contribution in [3.63, 3.8) is 0 Å². The first-order chi connectivity index (χ1) is 31.0. The van der Waals surface area contributed by atoms with E-state index < -0.39 is 0 Å². The second kappa shape index (κ2) is 12.9. The lowest BCUT2D eigenvalue weighted by atomic mass is 9.73. The number of thiophene rings is 2. The zero-order chi connectivity index (χ0) is 41.6. The minimum atomic E-state index is -0.185. The van der Waals surface area contributed by atoms with Crippen LogP contribution in [-0.2, 0) is 5.41 Å². The Morgan fingerprint density at radius 1 is 0.349 bits per heavy atom. The molecule has 0 atom stereocenters. The van der Waals surface area contributed by atoms with Crippen molar-refractivity contribution in [2.75, 3.05) is 9.80 Å². The van der Waals surface area contributed by atoms with Crippen LogP contribution in [0.25, 0.3) is 83.4 Å². The zero-order valence-electron chi connectivity index (χ0n) is 34.7. The summed E-state index contributed by atoms with van der Waals surface area (Å²) in [5, 5.41) is 15.5. The summed E-state index contributed by atoms with van der Waals surface area (Å²) in [4.78, 5) is 5.02. The van der Waals surface area contributed by atoms with Gasteiger partial charge in [-0.05, 0) is 116 Å². The summed E-state index contributed by atoms with van der Waals surface area (Å²) >= 11 is 3.76. The molecule has 1 aliphatic heterocycles. The van der Waals surface area contributed by atoms with Gasteiger partial charge in [-0.15, -0.1) is 22.7 Å². The van der Waals surface area contributed by atoms with E-state index in [1.54, 1.807) is 0 Å². The number of hydrogen-bond acceptors (Lipinski definition) is 4. The van der Waals surface area contributed by atoms with Crippen LogP contribution >= 0.6 is 22.7 Å². The molecule has 0 fully saturated rings. The topological polar surface area (TPSA) is 6.48 Å². The number of benzene rings is 11. The molecule has 0 spiro atoms. The summed E-state index contributed by atoms with van der Waals surface area (Å²) in [5.74, 6) is 0. The maximum absolute atomic E-state index is 2.56. The van der Waals surface area contributed by atoms with E-state index in [1.165, 1.54) is 117 Å². The highest BCUT2D eigenvalue weighted by atomic mass is 32.1. The molecule has 0 saturated carbocycles. The van der Waals surface area contributed by atoms with Gasteiger partial charge in [-0.25, -0.2) is 0 Å². The second-order valence-corrected chi connectivity index (χ2v) is 19.8. The number of nitrogens with zero attached hydrogens (tertiary/aromatic N) is 2. The molecule has 2 aromatic heterocycles. The molecular weight excluding hydrogens is 801 g/mol. The molecule has 296 valence electrons. The van der Waals surface area contributed by atoms with Gasteiger partial charge in [0.15, 0.2) is 0 Å². The van der Waals surface area contributed by atoms with Crippen molar-refractivity contribution >= 4 is 140 Å². The molecule has 13 aromatic rings. The maximum Gasteiger partial charge on any atom is 0.0540 e. The van der Waals surface area contributed by atoms with Crippen molar-refractivity contribution < 1.29 is 0 Å². The normalized spacial score (nSPS) is 13.7. The Morgan fingerprint density at radius 3 is 1.70 bits per heavy atom. The van der Waals surface area contributed by atoms with Crippen molar-refractivity contribution in [2.24, 2.45) is 0 Å². The Morgan fingerprint density at radius 2 is 0.921 bits per heavy atom. The van der Waals surface area contributed by atoms with Crippen LogP contribution in [0.4, 0.5) is 34.1 Å². The van der Waals surface area contributed by atoms with E-state index in [9.17, 15) is 0 Å². The third-order valence-corrected chi connectivity index (χ3v) is 16.2. The van der Waals surface area contributed by atoms with Crippen LogP contribution in [0.5, 0.6) is 0 Å². The van der Waals surface area contributed by atoms with Gasteiger partial charge in [0.2, 0.25) is 0 Å². The molecule has 3 heterocycles. The van der Waals surface area contributed by atoms with Crippen LogP contribution in [0.2, 0.25) is 0 Å². The van der Waals surface area contributed by atoms with E-state index in [0.717, 1.165) is 11.4 Å². The molecule has 63 heavy (non-hydrogen) atoms. The highest BCUT2D eigenvalue weighted by molar-refractivity contribution is 7.26. The molecule has 0 unspecified atom stereocenters. The molecule has 4 heteroatoms. The Bertz CT molecular complexity index is 4000. The number of hydrogen-bond donors (Lipinski definition) is 0. The predicted molar refractivity (Wildman–Crippen MR) is 275 cm³/mol. The molecule has 0 radical (unpaired) electrons. The Balaban J connectivity index is 1.01. The highest BCUT2D eigenvalue weighted by Gasteiger charge is 2.38. The summed E-state index contributed by atoms with van der Waals surface area (Å²) in [7, 11) is 0. The van der Waals surface area contributed by atoms with Crippen molar-refractivity contribution in [1.82, 2.24) is 0 Å². The molecule has 0 bridgehead atoms. The summed E-state index contributed by atoms with van der Waals surface area (Å²) in [6, 6.07) is 72.9. The monoisotopic (exact) mass is 838 g/mol. The standard InChI is InChI=1S/C59H38N2S2/c1-59(2)47-22-8-9-23-51(47)61(52-34-56-46(33-48(52)59)38-17-7-11-25-54(38)63-56)50-30-28-42-39-18-12-20-43-49(29-27-41(57(39)43)40-19-13-21-44(50)58(40)42)60(35-14-4-3-5-15-35)36-26-31-55-45(32-36)37-16-6-10-24-53(37)62-55/h3-34H,1-2H3. The molecule has 2 nitrogen and oxygen atoms in total. The van der Waals surface area contributed by atoms with Crippen LogP contribution in [0.3, 0.4) is 0 Å². The first-order valence-corrected chi connectivity index (χ1v) is 23.4. The van der Waals surface area contributed by atoms with Crippen LogP contribution in [0, 0.1) is 0 Å². The zero-order valence-corrected chi connectivity index (χ0v) is 36.3.